The van der Waals surface area contributed by atoms with E-state index < -0.39 is 28.7 Å². The third kappa shape index (κ3) is 7.37. The van der Waals surface area contributed by atoms with Crippen LogP contribution >= 0.6 is 0 Å². The van der Waals surface area contributed by atoms with Gasteiger partial charge in [0.15, 0.2) is 0 Å². The first-order valence-electron chi connectivity index (χ1n) is 15.8. The first kappa shape index (κ1) is 34.6. The average molecular weight is 664 g/mol. The van der Waals surface area contributed by atoms with Gasteiger partial charge in [0, 0.05) is 66.5 Å². The molecule has 0 bridgehead atoms. The summed E-state index contributed by atoms with van der Waals surface area (Å²) in [6, 6.07) is 8.73. The lowest BCUT2D eigenvalue weighted by Gasteiger charge is -2.47. The molecule has 48 heavy (non-hydrogen) atoms. The smallest absolute Gasteiger partial charge is 0.357 e. The second-order valence-corrected chi connectivity index (χ2v) is 12.4. The SMILES string of the molecule is C=CC(=O)Nc1cc(-c2cc(-c3cc4c([nH]3)C3(CCCN(CN(C)CCC)C3)CN(/C=C/C(=O)NC)C4=O)ccn2)ccc1C(F)(F)F. The number of anilines is 1. The number of H-pyrrole nitrogens is 1. The number of aromatic nitrogens is 2. The molecule has 2 aliphatic heterocycles. The van der Waals surface area contributed by atoms with Crippen LogP contribution in [0.1, 0.15) is 47.8 Å². The highest BCUT2D eigenvalue weighted by atomic mass is 19.4. The van der Waals surface area contributed by atoms with Gasteiger partial charge in [-0.25, -0.2) is 0 Å². The summed E-state index contributed by atoms with van der Waals surface area (Å²) in [5, 5.41) is 4.80. The van der Waals surface area contributed by atoms with Gasteiger partial charge in [-0.3, -0.25) is 29.2 Å². The molecule has 1 atom stereocenters. The lowest BCUT2D eigenvalue weighted by atomic mass is 9.73. The Balaban J connectivity index is 1.54. The van der Waals surface area contributed by atoms with Gasteiger partial charge in [0.05, 0.1) is 29.2 Å². The Morgan fingerprint density at radius 1 is 1.15 bits per heavy atom. The Morgan fingerprint density at radius 3 is 2.65 bits per heavy atom. The zero-order chi connectivity index (χ0) is 34.6. The van der Waals surface area contributed by atoms with E-state index in [4.69, 9.17) is 0 Å². The highest BCUT2D eigenvalue weighted by Gasteiger charge is 2.47. The van der Waals surface area contributed by atoms with Crippen molar-refractivity contribution in [1.29, 1.82) is 0 Å². The molecule has 10 nitrogen and oxygen atoms in total. The summed E-state index contributed by atoms with van der Waals surface area (Å²) >= 11 is 0. The number of alkyl halides is 3. The number of nitrogens with one attached hydrogen (secondary N) is 3. The van der Waals surface area contributed by atoms with Crippen LogP contribution in [0.2, 0.25) is 0 Å². The molecule has 13 heteroatoms. The van der Waals surface area contributed by atoms with Crippen molar-refractivity contribution in [1.82, 2.24) is 30.0 Å². The van der Waals surface area contributed by atoms with Crippen molar-refractivity contribution >= 4 is 23.4 Å². The molecule has 1 aromatic carbocycles. The maximum absolute atomic E-state index is 13.8. The molecule has 3 N–H and O–H groups in total. The number of hydrogen-bond acceptors (Lipinski definition) is 6. The molecule has 1 spiro atoms. The molecule has 1 fully saturated rings. The summed E-state index contributed by atoms with van der Waals surface area (Å²) in [5.41, 5.74) is 1.58. The van der Waals surface area contributed by atoms with E-state index in [1.165, 1.54) is 25.3 Å². The van der Waals surface area contributed by atoms with Gasteiger partial charge >= 0.3 is 6.18 Å². The Kier molecular flexibility index (Phi) is 10.2. The Labute approximate surface area is 277 Å². The number of carbonyl (C=O) groups is 3. The molecular formula is C35H40F3N7O3. The zero-order valence-corrected chi connectivity index (χ0v) is 27.3. The molecule has 3 amide bonds. The van der Waals surface area contributed by atoms with E-state index in [-0.39, 0.29) is 11.8 Å². The topological polar surface area (TPSA) is 114 Å². The number of nitrogens with zero attached hydrogens (tertiary/aromatic N) is 4. The summed E-state index contributed by atoms with van der Waals surface area (Å²) in [7, 11) is 3.63. The number of rotatable bonds is 10. The molecule has 3 aromatic rings. The highest BCUT2D eigenvalue weighted by molar-refractivity contribution is 6.01. The molecule has 1 unspecified atom stereocenters. The minimum atomic E-state index is -4.69. The number of aromatic amines is 1. The second-order valence-electron chi connectivity index (χ2n) is 12.4. The standard InChI is InChI=1S/C35H40F3N7O3/c1-5-14-43(4)22-44-15-7-12-34(20-44)21-45(16-11-31(47)39-3)33(48)25-19-28(42-32(25)34)24-10-13-40-27(17-24)23-8-9-26(35(36,37)38)29(18-23)41-30(46)6-2/h6,8-11,13,16-19,42H,2,5,7,12,14-15,20-22H2,1,3-4H3,(H,39,47)(H,41,46)/b16-11+. The molecule has 1 saturated heterocycles. The van der Waals surface area contributed by atoms with Crippen LogP contribution in [0.25, 0.3) is 22.5 Å². The molecule has 2 aliphatic rings. The molecule has 254 valence electrons. The Bertz CT molecular complexity index is 1730. The van der Waals surface area contributed by atoms with Gasteiger partial charge in [-0.1, -0.05) is 19.6 Å². The number of benzene rings is 1. The Morgan fingerprint density at radius 2 is 1.94 bits per heavy atom. The minimum absolute atomic E-state index is 0.238. The van der Waals surface area contributed by atoms with E-state index >= 15 is 0 Å². The highest BCUT2D eigenvalue weighted by Crippen LogP contribution is 2.43. The molecule has 2 aromatic heterocycles. The van der Waals surface area contributed by atoms with Crippen LogP contribution < -0.4 is 10.6 Å². The van der Waals surface area contributed by atoms with Crippen molar-refractivity contribution in [3.05, 3.63) is 84.3 Å². The molecule has 0 aliphatic carbocycles. The van der Waals surface area contributed by atoms with Gasteiger partial charge in [0.25, 0.3) is 5.91 Å². The van der Waals surface area contributed by atoms with Crippen LogP contribution in [-0.4, -0.2) is 89.3 Å². The molecule has 0 radical (unpaired) electrons. The van der Waals surface area contributed by atoms with Crippen molar-refractivity contribution in [2.45, 2.75) is 37.8 Å². The van der Waals surface area contributed by atoms with Crippen molar-refractivity contribution in [3.63, 3.8) is 0 Å². The third-order valence-electron chi connectivity index (χ3n) is 8.80. The third-order valence-corrected chi connectivity index (χ3v) is 8.80. The summed E-state index contributed by atoms with van der Waals surface area (Å²) < 4.78 is 41.1. The maximum atomic E-state index is 13.8. The average Bonchev–Trinajstić information content (AvgIpc) is 3.53. The summed E-state index contributed by atoms with van der Waals surface area (Å²) in [4.78, 5) is 52.1. The van der Waals surface area contributed by atoms with Gasteiger partial charge in [-0.2, -0.15) is 13.2 Å². The number of amides is 3. The fourth-order valence-corrected chi connectivity index (χ4v) is 6.66. The quantitative estimate of drug-likeness (QED) is 0.256. The van der Waals surface area contributed by atoms with Crippen LogP contribution in [0.3, 0.4) is 0 Å². The van der Waals surface area contributed by atoms with E-state index in [1.54, 1.807) is 35.5 Å². The van der Waals surface area contributed by atoms with Crippen molar-refractivity contribution < 1.29 is 27.6 Å². The van der Waals surface area contributed by atoms with E-state index in [1.807, 2.05) is 0 Å². The lowest BCUT2D eigenvalue weighted by molar-refractivity contribution is -0.137. The molecular weight excluding hydrogens is 623 g/mol. The van der Waals surface area contributed by atoms with Crippen LogP contribution in [0.15, 0.2) is 67.5 Å². The van der Waals surface area contributed by atoms with Crippen molar-refractivity contribution in [3.8, 4) is 22.5 Å². The number of likely N-dealkylation sites (tertiary alicyclic amines) is 1. The number of halogens is 3. The maximum Gasteiger partial charge on any atom is 0.418 e. The van der Waals surface area contributed by atoms with E-state index in [0.717, 1.165) is 56.9 Å². The normalized spacial score (nSPS) is 18.4. The van der Waals surface area contributed by atoms with Gasteiger partial charge in [0.1, 0.15) is 0 Å². The van der Waals surface area contributed by atoms with Crippen molar-refractivity contribution in [2.75, 3.05) is 52.3 Å². The van der Waals surface area contributed by atoms with E-state index in [0.29, 0.717) is 41.2 Å². The fraction of sp³-hybridized carbons (Fsp3) is 0.371. The minimum Gasteiger partial charge on any atom is -0.357 e. The lowest BCUT2D eigenvalue weighted by Crippen LogP contribution is -2.57. The first-order valence-corrected chi connectivity index (χ1v) is 15.8. The number of likely N-dealkylation sites (N-methyl/N-ethyl adjacent to an activating group) is 1. The number of carbonyl (C=O) groups excluding carboxylic acids is 3. The summed E-state index contributed by atoms with van der Waals surface area (Å²) in [5.74, 6) is -1.32. The van der Waals surface area contributed by atoms with Crippen LogP contribution in [0.4, 0.5) is 18.9 Å². The monoisotopic (exact) mass is 663 g/mol. The van der Waals surface area contributed by atoms with Crippen molar-refractivity contribution in [2.24, 2.45) is 0 Å². The number of hydrogen-bond donors (Lipinski definition) is 3. The molecule has 5 rings (SSSR count). The second kappa shape index (κ2) is 14.2. The van der Waals surface area contributed by atoms with Gasteiger partial charge in [0.2, 0.25) is 11.8 Å². The van der Waals surface area contributed by atoms with E-state index in [9.17, 15) is 27.6 Å². The summed E-state index contributed by atoms with van der Waals surface area (Å²) in [6.07, 6.45) is 3.45. The van der Waals surface area contributed by atoms with Gasteiger partial charge in [-0.05, 0) is 75.8 Å². The predicted octanol–water partition coefficient (Wildman–Crippen LogP) is 5.24. The van der Waals surface area contributed by atoms with Crippen LogP contribution in [0, 0.1) is 0 Å². The predicted molar refractivity (Wildman–Crippen MR) is 178 cm³/mol. The Hall–Kier alpha value is -4.75. The number of piperidine rings is 1. The van der Waals surface area contributed by atoms with E-state index in [2.05, 4.69) is 51.0 Å². The van der Waals surface area contributed by atoms with Crippen LogP contribution in [0.5, 0.6) is 0 Å². The van der Waals surface area contributed by atoms with Gasteiger partial charge in [-0.15, -0.1) is 0 Å². The first-order chi connectivity index (χ1) is 22.9. The fourth-order valence-electron chi connectivity index (χ4n) is 6.66. The largest absolute Gasteiger partial charge is 0.418 e. The number of fused-ring (bicyclic) bond motifs is 2. The zero-order valence-electron chi connectivity index (χ0n) is 27.3. The summed E-state index contributed by atoms with van der Waals surface area (Å²) in [6.45, 7) is 9.25. The molecule has 0 saturated carbocycles. The number of pyridine rings is 1. The molecule has 4 heterocycles. The van der Waals surface area contributed by atoms with Gasteiger partial charge < -0.3 is 20.5 Å². The van der Waals surface area contributed by atoms with Crippen LogP contribution in [-0.2, 0) is 21.2 Å².